The Kier molecular flexibility index (Phi) is 24.5. The Bertz CT molecular complexity index is 8140. The zero-order valence-corrected chi connectivity index (χ0v) is 71.1. The summed E-state index contributed by atoms with van der Waals surface area (Å²) >= 11 is 15.4. The summed E-state index contributed by atoms with van der Waals surface area (Å²) in [6.07, 6.45) is 0. The van der Waals surface area contributed by atoms with Gasteiger partial charge in [0.2, 0.25) is 0 Å². The van der Waals surface area contributed by atoms with Crippen molar-refractivity contribution < 1.29 is 18.9 Å². The molecule has 12 aromatic rings. The summed E-state index contributed by atoms with van der Waals surface area (Å²) in [6, 6.07) is 97.2. The van der Waals surface area contributed by atoms with Gasteiger partial charge in [-0.2, -0.15) is 41.0 Å². The molecular formula is C100H61BrCl2N16O12. The monoisotopic (exact) mass is 1830 g/mol. The number of aromatic nitrogens is 12. The summed E-state index contributed by atoms with van der Waals surface area (Å²) < 4.78 is 31.3. The molecule has 20 rings (SSSR count). The molecule has 8 aliphatic heterocycles. The van der Waals surface area contributed by atoms with Gasteiger partial charge in [0.05, 0.1) is 90.9 Å². The molecule has 0 aromatic heterocycles. The van der Waals surface area contributed by atoms with E-state index in [4.69, 9.17) is 42.1 Å². The molecule has 28 nitrogen and oxygen atoms in total. The molecule has 0 amide bonds. The first-order chi connectivity index (χ1) is 63.7. The summed E-state index contributed by atoms with van der Waals surface area (Å²) in [7, 11) is 0. The number of benzene rings is 12. The Morgan fingerprint density at radius 3 is 0.832 bits per heavy atom. The van der Waals surface area contributed by atoms with E-state index in [9.17, 15) is 59.4 Å². The number of hydrogen-bond acceptors (Lipinski definition) is 20. The fourth-order valence-electron chi connectivity index (χ4n) is 14.6. The van der Waals surface area contributed by atoms with E-state index >= 15 is 0 Å². The molecule has 4 N–H and O–H groups in total. The molecule has 8 aliphatic rings. The Morgan fingerprint density at radius 2 is 0.550 bits per heavy atom. The number of nitriles is 4. The van der Waals surface area contributed by atoms with E-state index in [0.29, 0.717) is 127 Å². The van der Waals surface area contributed by atoms with E-state index < -0.39 is 45.0 Å². The third kappa shape index (κ3) is 19.0. The molecule has 0 unspecified atom stereocenters. The van der Waals surface area contributed by atoms with Gasteiger partial charge in [-0.15, -0.1) is 0 Å². The molecule has 634 valence electrons. The predicted molar refractivity (Wildman–Crippen MR) is 498 cm³/mol. The molecule has 0 spiro atoms. The highest BCUT2D eigenvalue weighted by Crippen LogP contribution is 2.36. The standard InChI is InChI=1S/C25H15BrN4O3.2C25H15ClN4O3.C25H16N4O3/c2*26-18-5-2-15(3-6-18)14-33-20-9-7-19(8-10-20)30-22-11-16(13-27)1-4-17(22)12-21-23(30)28-25(32)29-24(21)31;26-18-3-1-2-16(10-18)14-33-20-8-6-19(7-9-20)30-22-11-15(13-27)4-5-17(22)12-21-23(30)28-25(32)29-24(21)31;26-14-17-6-7-18-13-21-23(27-25(31)28-24(21)30)29(22(18)12-17)19-8-10-20(11-9-19)32-15-16-4-2-1-3-5-16/h3*1-12H,14H2,(H,29,31,32);1-13H,15H2,(H,28,30,31). The van der Waals surface area contributed by atoms with Crippen molar-refractivity contribution >= 4 is 82.7 Å². The third-order valence-corrected chi connectivity index (χ3v) is 21.9. The van der Waals surface area contributed by atoms with Crippen molar-refractivity contribution in [1.82, 2.24) is 58.1 Å². The Hall–Kier alpha value is -17.7. The predicted octanol–water partition coefficient (Wildman–Crippen LogP) is 16.6. The van der Waals surface area contributed by atoms with Gasteiger partial charge >= 0.3 is 22.8 Å². The summed E-state index contributed by atoms with van der Waals surface area (Å²) in [5.74, 6) is 3.48. The smallest absolute Gasteiger partial charge is 0.349 e. The van der Waals surface area contributed by atoms with Crippen LogP contribution in [0.25, 0.3) is 112 Å². The highest BCUT2D eigenvalue weighted by atomic mass is 79.9. The molecule has 0 saturated heterocycles. The number of aromatic amines is 4. The van der Waals surface area contributed by atoms with Crippen LogP contribution >= 0.6 is 39.1 Å². The number of ether oxygens (including phenoxy) is 4. The number of rotatable bonds is 16. The molecule has 31 heteroatoms. The Morgan fingerprint density at radius 1 is 0.282 bits per heavy atom. The van der Waals surface area contributed by atoms with Crippen molar-refractivity contribution in [3.8, 4) is 116 Å². The molecule has 0 aliphatic carbocycles. The highest BCUT2D eigenvalue weighted by Gasteiger charge is 2.25. The quantitative estimate of drug-likeness (QED) is 0.0653. The molecular weight excluding hydrogens is 1770 g/mol. The number of fused-ring (bicyclic) bond motifs is 8. The van der Waals surface area contributed by atoms with Crippen LogP contribution in [-0.2, 0) is 26.4 Å². The van der Waals surface area contributed by atoms with Gasteiger partial charge in [0.15, 0.2) is 23.3 Å². The van der Waals surface area contributed by atoms with Gasteiger partial charge in [-0.25, -0.2) is 19.2 Å². The zero-order chi connectivity index (χ0) is 90.9. The van der Waals surface area contributed by atoms with Crippen molar-refractivity contribution in [3.05, 3.63) is 440 Å². The summed E-state index contributed by atoms with van der Waals surface area (Å²) in [4.78, 5) is 123. The van der Waals surface area contributed by atoms with Crippen molar-refractivity contribution in [2.75, 3.05) is 0 Å². The van der Waals surface area contributed by atoms with Crippen LogP contribution in [0.2, 0.25) is 10.0 Å². The van der Waals surface area contributed by atoms with Crippen LogP contribution in [0.3, 0.4) is 0 Å². The maximum Gasteiger partial charge on any atom is 0.349 e. The van der Waals surface area contributed by atoms with Crippen molar-refractivity contribution in [1.29, 1.82) is 21.0 Å². The molecule has 0 radical (unpaired) electrons. The average Bonchev–Trinajstić information content (AvgIpc) is 0.761. The minimum Gasteiger partial charge on any atom is -0.489 e. The van der Waals surface area contributed by atoms with Crippen LogP contribution in [0.1, 0.15) is 44.5 Å². The lowest BCUT2D eigenvalue weighted by Crippen LogP contribution is -2.27. The van der Waals surface area contributed by atoms with Gasteiger partial charge in [-0.3, -0.25) is 57.4 Å². The third-order valence-electron chi connectivity index (χ3n) is 20.9. The Labute approximate surface area is 757 Å². The molecule has 131 heavy (non-hydrogen) atoms. The van der Waals surface area contributed by atoms with Crippen LogP contribution in [0.4, 0.5) is 0 Å². The van der Waals surface area contributed by atoms with Gasteiger partial charge in [-0.1, -0.05) is 130 Å². The van der Waals surface area contributed by atoms with Crippen LogP contribution < -0.4 is 63.9 Å². The fraction of sp³-hybridized carbons (Fsp3) is 0.0400. The first-order valence-electron chi connectivity index (χ1n) is 39.9. The fourth-order valence-corrected chi connectivity index (χ4v) is 15.2. The highest BCUT2D eigenvalue weighted by molar-refractivity contribution is 9.10. The van der Waals surface area contributed by atoms with Gasteiger partial charge in [0.1, 0.15) is 49.4 Å². The van der Waals surface area contributed by atoms with E-state index in [1.165, 1.54) is 0 Å². The number of pyridine rings is 4. The second-order valence-corrected chi connectivity index (χ2v) is 31.2. The molecule has 0 atom stereocenters. The van der Waals surface area contributed by atoms with Crippen molar-refractivity contribution in [2.45, 2.75) is 26.4 Å². The second kappa shape index (κ2) is 37.6. The summed E-state index contributed by atoms with van der Waals surface area (Å²) in [6.45, 7) is 1.58. The first kappa shape index (κ1) is 85.4. The van der Waals surface area contributed by atoms with E-state index in [2.05, 4.69) is 80.1 Å². The Balaban J connectivity index is 0.000000122. The maximum atomic E-state index is 12.5. The van der Waals surface area contributed by atoms with Crippen LogP contribution in [0.15, 0.2) is 340 Å². The van der Waals surface area contributed by atoms with Gasteiger partial charge < -0.3 is 18.9 Å². The SMILES string of the molecule is N#Cc1ccc2cc3c(=O)[nH]c(=O)nc-3n(-c3ccc(OCc4ccc(Br)cc4)cc3)c2c1.N#Cc1ccc2cc3c(=O)[nH]c(=O)nc-3n(-c3ccc(OCc4ccc(Cl)cc4)cc3)c2c1.N#Cc1ccc2cc3c(=O)[nH]c(=O)nc-3n(-c3ccc(OCc4cccc(Cl)c4)cc3)c2c1.N#Cc1ccc2cc3c(=O)[nH]c(=O)nc-3n(-c3ccc(OCc4ccccc4)cc3)c2c1. The lowest BCUT2D eigenvalue weighted by Gasteiger charge is -2.18. The first-order valence-corrected chi connectivity index (χ1v) is 41.4. The lowest BCUT2D eigenvalue weighted by atomic mass is 10.1. The van der Waals surface area contributed by atoms with Crippen LogP contribution in [0, 0.1) is 45.3 Å². The lowest BCUT2D eigenvalue weighted by molar-refractivity contribution is 0.306. The van der Waals surface area contributed by atoms with Crippen LogP contribution in [-0.4, -0.2) is 58.1 Å². The largest absolute Gasteiger partial charge is 0.489 e. The van der Waals surface area contributed by atoms with Crippen molar-refractivity contribution in [2.24, 2.45) is 0 Å². The van der Waals surface area contributed by atoms with E-state index in [1.807, 2.05) is 146 Å². The van der Waals surface area contributed by atoms with Gasteiger partial charge in [-0.05, 0) is 250 Å². The van der Waals surface area contributed by atoms with Crippen molar-refractivity contribution in [3.63, 3.8) is 0 Å². The van der Waals surface area contributed by atoms with E-state index in [1.54, 1.807) is 170 Å². The minimum absolute atomic E-state index is 0.207. The summed E-state index contributed by atoms with van der Waals surface area (Å²) in [5, 5.41) is 41.7. The second-order valence-electron chi connectivity index (χ2n) is 29.4. The van der Waals surface area contributed by atoms with Gasteiger partial charge in [0, 0.05) is 37.3 Å². The average molecular weight is 1830 g/mol. The van der Waals surface area contributed by atoms with Gasteiger partial charge in [0.25, 0.3) is 22.2 Å². The normalized spacial score (nSPS) is 10.9. The zero-order valence-electron chi connectivity index (χ0n) is 68.0. The molecule has 12 aromatic carbocycles. The van der Waals surface area contributed by atoms with E-state index in [0.717, 1.165) is 48.3 Å². The number of hydrogen-bond donors (Lipinski definition) is 4. The molecule has 0 saturated carbocycles. The molecule has 0 bridgehead atoms. The molecule has 8 heterocycles. The molecule has 0 fully saturated rings. The number of nitrogens with zero attached hydrogens (tertiary/aromatic N) is 12. The maximum absolute atomic E-state index is 12.5. The minimum atomic E-state index is -0.737. The number of halogens is 3. The number of H-pyrrole nitrogens is 4. The summed E-state index contributed by atoms with van der Waals surface area (Å²) in [5.41, 5.74) is 7.22. The van der Waals surface area contributed by atoms with E-state index in [-0.39, 0.29) is 45.6 Å². The number of nitrogens with one attached hydrogen (secondary N) is 4. The van der Waals surface area contributed by atoms with Crippen LogP contribution in [0.5, 0.6) is 23.0 Å². The topological polar surface area (TPSA) is 403 Å².